The summed E-state index contributed by atoms with van der Waals surface area (Å²) < 4.78 is 0. The van der Waals surface area contributed by atoms with Crippen molar-refractivity contribution in [3.05, 3.63) is 59.1 Å². The fourth-order valence-corrected chi connectivity index (χ4v) is 1.79. The third-order valence-electron chi connectivity index (χ3n) is 2.63. The molecule has 0 unspecified atom stereocenters. The molecule has 0 aliphatic heterocycles. The van der Waals surface area contributed by atoms with Crippen LogP contribution < -0.4 is 10.9 Å². The summed E-state index contributed by atoms with van der Waals surface area (Å²) in [5, 5.41) is 10.1. The Hall–Kier alpha value is -2.69. The van der Waals surface area contributed by atoms with Gasteiger partial charge in [0.15, 0.2) is 0 Å². The van der Waals surface area contributed by atoms with Gasteiger partial charge < -0.3 is 5.32 Å². The van der Waals surface area contributed by atoms with Crippen molar-refractivity contribution in [2.24, 2.45) is 0 Å². The maximum absolute atomic E-state index is 11.6. The van der Waals surface area contributed by atoms with E-state index in [9.17, 15) is 4.79 Å². The van der Waals surface area contributed by atoms with Crippen molar-refractivity contribution in [2.45, 2.75) is 0 Å². The van der Waals surface area contributed by atoms with E-state index in [1.54, 1.807) is 12.3 Å². The zero-order valence-corrected chi connectivity index (χ0v) is 9.42. The van der Waals surface area contributed by atoms with Gasteiger partial charge in [-0.3, -0.25) is 9.78 Å². The number of hydrogen-bond donors (Lipinski definition) is 2. The predicted molar refractivity (Wildman–Crippen MR) is 69.9 cm³/mol. The Morgan fingerprint density at radius 3 is 2.78 bits per heavy atom. The summed E-state index contributed by atoms with van der Waals surface area (Å²) >= 11 is 0. The first kappa shape index (κ1) is 10.5. The number of aromatic amines is 1. The van der Waals surface area contributed by atoms with E-state index in [2.05, 4.69) is 20.5 Å². The van der Waals surface area contributed by atoms with Crippen molar-refractivity contribution in [3.8, 4) is 0 Å². The van der Waals surface area contributed by atoms with Gasteiger partial charge in [-0.25, -0.2) is 5.10 Å². The molecule has 0 aliphatic rings. The Balaban J connectivity index is 2.11. The van der Waals surface area contributed by atoms with Gasteiger partial charge in [-0.1, -0.05) is 18.2 Å². The van der Waals surface area contributed by atoms with Crippen LogP contribution in [0, 0.1) is 0 Å². The number of hydrogen-bond acceptors (Lipinski definition) is 4. The first-order valence-electron chi connectivity index (χ1n) is 5.49. The average Bonchev–Trinajstić information content (AvgIpc) is 2.42. The summed E-state index contributed by atoms with van der Waals surface area (Å²) in [5.74, 6) is 0. The van der Waals surface area contributed by atoms with E-state index >= 15 is 0 Å². The Labute approximate surface area is 103 Å². The third-order valence-corrected chi connectivity index (χ3v) is 2.63. The zero-order chi connectivity index (χ0) is 12.4. The SMILES string of the molecule is O=c1[nH]nccc1Nc1cccc2cccnc12. The van der Waals surface area contributed by atoms with Gasteiger partial charge in [-0.15, -0.1) is 0 Å². The van der Waals surface area contributed by atoms with E-state index in [0.29, 0.717) is 5.69 Å². The smallest absolute Gasteiger partial charge is 0.287 e. The summed E-state index contributed by atoms with van der Waals surface area (Å²) in [5.41, 5.74) is 1.81. The van der Waals surface area contributed by atoms with Crippen LogP contribution in [0.5, 0.6) is 0 Å². The Morgan fingerprint density at radius 1 is 1.00 bits per heavy atom. The van der Waals surface area contributed by atoms with Crippen LogP contribution >= 0.6 is 0 Å². The van der Waals surface area contributed by atoms with Gasteiger partial charge in [-0.2, -0.15) is 5.10 Å². The standard InChI is InChI=1S/C13H10N4O/c18-13-11(6-8-15-17-13)16-10-5-1-3-9-4-2-7-14-12(9)10/h1-8H,(H,15,16)(H,17,18). The molecule has 0 radical (unpaired) electrons. The number of anilines is 2. The third kappa shape index (κ3) is 1.82. The number of nitrogens with one attached hydrogen (secondary N) is 2. The Kier molecular flexibility index (Phi) is 2.49. The second kappa shape index (κ2) is 4.29. The maximum Gasteiger partial charge on any atom is 0.287 e. The number of aromatic nitrogens is 3. The Morgan fingerprint density at radius 2 is 1.89 bits per heavy atom. The number of fused-ring (bicyclic) bond motifs is 1. The lowest BCUT2D eigenvalue weighted by Gasteiger charge is -2.07. The quantitative estimate of drug-likeness (QED) is 0.717. The Bertz CT molecular complexity index is 746. The monoisotopic (exact) mass is 238 g/mol. The molecule has 18 heavy (non-hydrogen) atoms. The first-order chi connectivity index (χ1) is 8.84. The average molecular weight is 238 g/mol. The molecule has 2 heterocycles. The summed E-state index contributed by atoms with van der Waals surface area (Å²) in [6.45, 7) is 0. The number of para-hydroxylation sites is 1. The summed E-state index contributed by atoms with van der Waals surface area (Å²) in [4.78, 5) is 15.9. The van der Waals surface area contributed by atoms with Crippen LogP contribution in [0.3, 0.4) is 0 Å². The molecular weight excluding hydrogens is 228 g/mol. The fourth-order valence-electron chi connectivity index (χ4n) is 1.79. The summed E-state index contributed by atoms with van der Waals surface area (Å²) in [6, 6.07) is 11.3. The molecule has 0 bridgehead atoms. The molecule has 0 spiro atoms. The van der Waals surface area contributed by atoms with Gasteiger partial charge >= 0.3 is 0 Å². The van der Waals surface area contributed by atoms with Crippen LogP contribution in [0.25, 0.3) is 10.9 Å². The van der Waals surface area contributed by atoms with Crippen molar-refractivity contribution in [2.75, 3.05) is 5.32 Å². The van der Waals surface area contributed by atoms with Crippen molar-refractivity contribution >= 4 is 22.3 Å². The lowest BCUT2D eigenvalue weighted by Crippen LogP contribution is -2.12. The zero-order valence-electron chi connectivity index (χ0n) is 9.42. The van der Waals surface area contributed by atoms with Gasteiger partial charge in [0.2, 0.25) is 0 Å². The van der Waals surface area contributed by atoms with Crippen LogP contribution in [0.1, 0.15) is 0 Å². The topological polar surface area (TPSA) is 70.7 Å². The first-order valence-corrected chi connectivity index (χ1v) is 5.49. The molecule has 0 fully saturated rings. The van der Waals surface area contributed by atoms with Gasteiger partial charge in [0, 0.05) is 17.8 Å². The molecule has 2 aromatic heterocycles. The van der Waals surface area contributed by atoms with Crippen molar-refractivity contribution in [1.29, 1.82) is 0 Å². The molecule has 1 aromatic carbocycles. The molecule has 2 N–H and O–H groups in total. The van der Waals surface area contributed by atoms with Crippen LogP contribution in [-0.4, -0.2) is 15.2 Å². The molecule has 0 saturated heterocycles. The minimum atomic E-state index is -0.259. The molecule has 0 saturated carbocycles. The molecule has 88 valence electrons. The number of benzene rings is 1. The predicted octanol–water partition coefficient (Wildman–Crippen LogP) is 2.06. The highest BCUT2D eigenvalue weighted by Gasteiger charge is 2.04. The van der Waals surface area contributed by atoms with Gasteiger partial charge in [0.25, 0.3) is 5.56 Å². The lowest BCUT2D eigenvalue weighted by molar-refractivity contribution is 0.991. The highest BCUT2D eigenvalue weighted by atomic mass is 16.1. The van der Waals surface area contributed by atoms with E-state index < -0.39 is 0 Å². The van der Waals surface area contributed by atoms with Crippen molar-refractivity contribution < 1.29 is 0 Å². The second-order valence-electron chi connectivity index (χ2n) is 3.81. The number of pyridine rings is 1. The van der Waals surface area contributed by atoms with Gasteiger partial charge in [-0.05, 0) is 18.2 Å². The van der Waals surface area contributed by atoms with E-state index in [0.717, 1.165) is 16.6 Å². The van der Waals surface area contributed by atoms with Crippen molar-refractivity contribution in [3.63, 3.8) is 0 Å². The lowest BCUT2D eigenvalue weighted by atomic mass is 10.2. The van der Waals surface area contributed by atoms with Gasteiger partial charge in [0.05, 0.1) is 11.2 Å². The minimum absolute atomic E-state index is 0.259. The largest absolute Gasteiger partial charge is 0.349 e. The normalized spacial score (nSPS) is 10.4. The molecule has 3 aromatic rings. The number of H-pyrrole nitrogens is 1. The number of nitrogens with zero attached hydrogens (tertiary/aromatic N) is 2. The van der Waals surface area contributed by atoms with E-state index in [-0.39, 0.29) is 5.56 Å². The number of rotatable bonds is 2. The minimum Gasteiger partial charge on any atom is -0.349 e. The molecule has 0 aliphatic carbocycles. The molecule has 5 nitrogen and oxygen atoms in total. The summed E-state index contributed by atoms with van der Waals surface area (Å²) in [6.07, 6.45) is 3.26. The highest BCUT2D eigenvalue weighted by Crippen LogP contribution is 2.22. The van der Waals surface area contributed by atoms with Crippen LogP contribution in [0.15, 0.2) is 53.6 Å². The van der Waals surface area contributed by atoms with Crippen LogP contribution in [0.4, 0.5) is 11.4 Å². The van der Waals surface area contributed by atoms with E-state index in [4.69, 9.17) is 0 Å². The molecule has 0 atom stereocenters. The maximum atomic E-state index is 11.6. The van der Waals surface area contributed by atoms with Crippen LogP contribution in [-0.2, 0) is 0 Å². The highest BCUT2D eigenvalue weighted by molar-refractivity contribution is 5.91. The van der Waals surface area contributed by atoms with E-state index in [1.165, 1.54) is 6.20 Å². The molecule has 5 heteroatoms. The molecule has 3 rings (SSSR count). The van der Waals surface area contributed by atoms with Crippen LogP contribution in [0.2, 0.25) is 0 Å². The van der Waals surface area contributed by atoms with Gasteiger partial charge in [0.1, 0.15) is 5.69 Å². The fraction of sp³-hybridized carbons (Fsp3) is 0. The van der Waals surface area contributed by atoms with E-state index in [1.807, 2.05) is 30.3 Å². The summed E-state index contributed by atoms with van der Waals surface area (Å²) in [7, 11) is 0. The molecular formula is C13H10N4O. The van der Waals surface area contributed by atoms with Crippen molar-refractivity contribution in [1.82, 2.24) is 15.2 Å². The second-order valence-corrected chi connectivity index (χ2v) is 3.81. The molecule has 0 amide bonds.